The molecule has 8 nitrogen and oxygen atoms in total. The van der Waals surface area contributed by atoms with Gasteiger partial charge in [0.05, 0.1) is 31.4 Å². The maximum Gasteiger partial charge on any atom is 0.234 e. The third-order valence-corrected chi connectivity index (χ3v) is 6.55. The molecule has 30 heavy (non-hydrogen) atoms. The molecule has 4 atom stereocenters. The third-order valence-electron chi connectivity index (χ3n) is 6.55. The number of ether oxygens (including phenoxy) is 1. The molecule has 1 aromatic heterocycles. The van der Waals surface area contributed by atoms with Crippen LogP contribution < -0.4 is 16.0 Å². The lowest BCUT2D eigenvalue weighted by Gasteiger charge is -2.42. The zero-order valence-corrected chi connectivity index (χ0v) is 17.0. The lowest BCUT2D eigenvalue weighted by molar-refractivity contribution is -0.132. The maximum absolute atomic E-state index is 12.9. The zero-order chi connectivity index (χ0) is 20.5. The molecule has 5 rings (SSSR count). The van der Waals surface area contributed by atoms with Gasteiger partial charge in [0, 0.05) is 30.7 Å². The van der Waals surface area contributed by atoms with Crippen LogP contribution in [0.5, 0.6) is 0 Å². The zero-order valence-electron chi connectivity index (χ0n) is 17.0. The Balaban J connectivity index is 1.18. The molecule has 2 aromatic rings. The topological polar surface area (TPSA) is 98.5 Å². The first kappa shape index (κ1) is 19.5. The SMILES string of the molecule is O=C(CN1CCOCC1)NC1CCC2NC(c3cc4ccccc4[nH]3)NC(=O)C2C1. The summed E-state index contributed by atoms with van der Waals surface area (Å²) in [6, 6.07) is 10.4. The van der Waals surface area contributed by atoms with E-state index in [1.165, 1.54) is 0 Å². The summed E-state index contributed by atoms with van der Waals surface area (Å²) in [4.78, 5) is 30.8. The minimum Gasteiger partial charge on any atom is -0.379 e. The number of H-pyrrole nitrogens is 1. The lowest BCUT2D eigenvalue weighted by Crippen LogP contribution is -2.60. The number of nitrogens with zero attached hydrogens (tertiary/aromatic N) is 1. The summed E-state index contributed by atoms with van der Waals surface area (Å²) in [6.45, 7) is 3.36. The fraction of sp³-hybridized carbons (Fsp3) is 0.545. The maximum atomic E-state index is 12.9. The number of carbonyl (C=O) groups excluding carboxylic acids is 2. The Kier molecular flexibility index (Phi) is 5.45. The Morgan fingerprint density at radius 3 is 2.87 bits per heavy atom. The molecule has 0 bridgehead atoms. The number of benzene rings is 1. The van der Waals surface area contributed by atoms with E-state index in [0.717, 1.165) is 42.5 Å². The van der Waals surface area contributed by atoms with Gasteiger partial charge in [-0.25, -0.2) is 0 Å². The van der Waals surface area contributed by atoms with Gasteiger partial charge in [0.1, 0.15) is 6.17 Å². The predicted octanol–water partition coefficient (Wildman–Crippen LogP) is 0.872. The molecule has 4 unspecified atom stereocenters. The van der Waals surface area contributed by atoms with Crippen molar-refractivity contribution in [3.8, 4) is 0 Å². The Morgan fingerprint density at radius 2 is 2.03 bits per heavy atom. The van der Waals surface area contributed by atoms with E-state index in [4.69, 9.17) is 4.74 Å². The highest BCUT2D eigenvalue weighted by Crippen LogP contribution is 2.31. The summed E-state index contributed by atoms with van der Waals surface area (Å²) in [5.74, 6) is -0.0110. The lowest BCUT2D eigenvalue weighted by atomic mass is 9.79. The number of rotatable bonds is 4. The number of carbonyl (C=O) groups is 2. The van der Waals surface area contributed by atoms with E-state index in [1.807, 2.05) is 18.2 Å². The van der Waals surface area contributed by atoms with Crippen molar-refractivity contribution in [2.75, 3.05) is 32.8 Å². The van der Waals surface area contributed by atoms with Crippen LogP contribution in [0.15, 0.2) is 30.3 Å². The van der Waals surface area contributed by atoms with Gasteiger partial charge >= 0.3 is 0 Å². The molecule has 2 saturated heterocycles. The van der Waals surface area contributed by atoms with Crippen molar-refractivity contribution >= 4 is 22.7 Å². The van der Waals surface area contributed by atoms with E-state index in [1.54, 1.807) is 0 Å². The molecule has 0 radical (unpaired) electrons. The highest BCUT2D eigenvalue weighted by Gasteiger charge is 2.41. The molecule has 4 N–H and O–H groups in total. The van der Waals surface area contributed by atoms with E-state index >= 15 is 0 Å². The van der Waals surface area contributed by atoms with Crippen LogP contribution in [0.1, 0.15) is 31.1 Å². The van der Waals surface area contributed by atoms with Gasteiger partial charge in [-0.1, -0.05) is 18.2 Å². The number of aromatic amines is 1. The van der Waals surface area contributed by atoms with Crippen LogP contribution in [0.2, 0.25) is 0 Å². The minimum absolute atomic E-state index is 0.0421. The Bertz CT molecular complexity index is 889. The molecule has 2 amide bonds. The van der Waals surface area contributed by atoms with Crippen LogP contribution in [0, 0.1) is 5.92 Å². The Morgan fingerprint density at radius 1 is 1.20 bits per heavy atom. The van der Waals surface area contributed by atoms with Gasteiger partial charge in [-0.15, -0.1) is 0 Å². The van der Waals surface area contributed by atoms with Crippen LogP contribution in [-0.2, 0) is 14.3 Å². The average Bonchev–Trinajstić information content (AvgIpc) is 3.19. The molecule has 1 saturated carbocycles. The number of nitrogens with one attached hydrogen (secondary N) is 4. The van der Waals surface area contributed by atoms with Crippen molar-refractivity contribution in [1.29, 1.82) is 0 Å². The van der Waals surface area contributed by atoms with Crippen molar-refractivity contribution in [3.05, 3.63) is 36.0 Å². The van der Waals surface area contributed by atoms with E-state index in [2.05, 4.69) is 38.0 Å². The summed E-state index contributed by atoms with van der Waals surface area (Å²) in [5, 5.41) is 11.0. The smallest absolute Gasteiger partial charge is 0.234 e. The molecule has 3 heterocycles. The number of hydrogen-bond acceptors (Lipinski definition) is 5. The molecular weight excluding hydrogens is 382 g/mol. The van der Waals surface area contributed by atoms with Crippen molar-refractivity contribution in [1.82, 2.24) is 25.8 Å². The Labute approximate surface area is 175 Å². The average molecular weight is 412 g/mol. The molecule has 160 valence electrons. The quantitative estimate of drug-likeness (QED) is 0.599. The van der Waals surface area contributed by atoms with Crippen LogP contribution in [0.25, 0.3) is 10.9 Å². The van der Waals surface area contributed by atoms with Crippen LogP contribution in [0.3, 0.4) is 0 Å². The fourth-order valence-electron chi connectivity index (χ4n) is 4.95. The van der Waals surface area contributed by atoms with E-state index < -0.39 is 0 Å². The Hall–Kier alpha value is -2.42. The highest BCUT2D eigenvalue weighted by atomic mass is 16.5. The van der Waals surface area contributed by atoms with Crippen molar-refractivity contribution in [2.24, 2.45) is 5.92 Å². The predicted molar refractivity (Wildman–Crippen MR) is 113 cm³/mol. The largest absolute Gasteiger partial charge is 0.379 e. The van der Waals surface area contributed by atoms with Gasteiger partial charge in [-0.05, 0) is 36.8 Å². The number of morpholine rings is 1. The van der Waals surface area contributed by atoms with Crippen molar-refractivity contribution in [3.63, 3.8) is 0 Å². The molecular formula is C22H29N5O3. The normalized spacial score (nSPS) is 29.9. The number of amides is 2. The number of hydrogen-bond donors (Lipinski definition) is 4. The first-order valence-electron chi connectivity index (χ1n) is 10.9. The van der Waals surface area contributed by atoms with Crippen LogP contribution in [0.4, 0.5) is 0 Å². The van der Waals surface area contributed by atoms with E-state index in [9.17, 15) is 9.59 Å². The molecule has 8 heteroatoms. The second kappa shape index (κ2) is 8.37. The summed E-state index contributed by atoms with van der Waals surface area (Å²) < 4.78 is 5.33. The van der Waals surface area contributed by atoms with E-state index in [0.29, 0.717) is 26.2 Å². The molecule has 2 aliphatic heterocycles. The molecule has 1 aromatic carbocycles. The monoisotopic (exact) mass is 411 g/mol. The van der Waals surface area contributed by atoms with Gasteiger partial charge in [0.15, 0.2) is 0 Å². The number of fused-ring (bicyclic) bond motifs is 2. The van der Waals surface area contributed by atoms with Crippen molar-refractivity contribution in [2.45, 2.75) is 37.5 Å². The molecule has 0 spiro atoms. The second-order valence-electron chi connectivity index (χ2n) is 8.60. The highest BCUT2D eigenvalue weighted by molar-refractivity contribution is 5.83. The molecule has 3 fully saturated rings. The number of para-hydroxylation sites is 1. The first-order valence-corrected chi connectivity index (χ1v) is 10.9. The summed E-state index contributed by atoms with van der Waals surface area (Å²) in [6.07, 6.45) is 2.23. The van der Waals surface area contributed by atoms with Gasteiger partial charge in [-0.3, -0.25) is 19.8 Å². The molecule has 3 aliphatic rings. The van der Waals surface area contributed by atoms with Crippen LogP contribution in [-0.4, -0.2) is 66.6 Å². The second-order valence-corrected chi connectivity index (χ2v) is 8.60. The van der Waals surface area contributed by atoms with E-state index in [-0.39, 0.29) is 36.0 Å². The summed E-state index contributed by atoms with van der Waals surface area (Å²) in [7, 11) is 0. The van der Waals surface area contributed by atoms with Gasteiger partial charge in [0.25, 0.3) is 0 Å². The van der Waals surface area contributed by atoms with Crippen molar-refractivity contribution < 1.29 is 14.3 Å². The fourth-order valence-corrected chi connectivity index (χ4v) is 4.95. The minimum atomic E-state index is -0.210. The number of aromatic nitrogens is 1. The molecule has 1 aliphatic carbocycles. The third kappa shape index (κ3) is 4.08. The summed E-state index contributed by atoms with van der Waals surface area (Å²) >= 11 is 0. The standard InChI is InChI=1S/C22H29N5O3/c28-20(13-27-7-9-30-10-8-27)23-15-5-6-18-16(12-15)22(29)26-21(25-18)19-11-14-3-1-2-4-17(14)24-19/h1-4,11,15-16,18,21,24-25H,5-10,12-13H2,(H,23,28)(H,26,29). The first-order chi connectivity index (χ1) is 14.7. The van der Waals surface area contributed by atoms with Gasteiger partial charge in [0.2, 0.25) is 11.8 Å². The summed E-state index contributed by atoms with van der Waals surface area (Å²) in [5.41, 5.74) is 2.04. The van der Waals surface area contributed by atoms with Gasteiger partial charge < -0.3 is 20.4 Å². The van der Waals surface area contributed by atoms with Gasteiger partial charge in [-0.2, -0.15) is 0 Å². The van der Waals surface area contributed by atoms with Crippen LogP contribution >= 0.6 is 0 Å².